The molecule has 0 saturated heterocycles. The molecule has 394 valence electrons. The summed E-state index contributed by atoms with van der Waals surface area (Å²) in [7, 11) is 0. The number of aryl methyl sites for hydroxylation is 3. The molecule has 10 rings (SSSR count). The maximum absolute atomic E-state index is 12.7. The third-order valence-electron chi connectivity index (χ3n) is 8.40. The van der Waals surface area contributed by atoms with Crippen LogP contribution in [-0.2, 0) is 24.2 Å². The fourth-order valence-corrected chi connectivity index (χ4v) is 7.54. The Morgan fingerprint density at radius 3 is 1.49 bits per heavy atom. The van der Waals surface area contributed by atoms with Crippen LogP contribution in [0.4, 0.5) is 55.2 Å². The van der Waals surface area contributed by atoms with Gasteiger partial charge in [-0.3, -0.25) is 15.0 Å². The molecule has 0 unspecified atom stereocenters. The number of nitrogens with one attached hydrogen (secondary N) is 1. The van der Waals surface area contributed by atoms with Crippen molar-refractivity contribution in [3.63, 3.8) is 0 Å². The smallest absolute Gasteiger partial charge is 0.382 e. The van der Waals surface area contributed by atoms with Crippen LogP contribution in [0.25, 0.3) is 21.4 Å². The van der Waals surface area contributed by atoms with Gasteiger partial charge in [0, 0.05) is 64.7 Å². The summed E-state index contributed by atoms with van der Waals surface area (Å²) < 4.78 is 83.9. The molecule has 0 fully saturated rings. The summed E-state index contributed by atoms with van der Waals surface area (Å²) in [6.45, 7) is 5.85. The van der Waals surface area contributed by atoms with Crippen molar-refractivity contribution in [3.8, 4) is 21.4 Å². The Hall–Kier alpha value is -7.81. The molecule has 0 atom stereocenters. The van der Waals surface area contributed by atoms with Gasteiger partial charge in [-0.25, -0.2) is 44.9 Å². The van der Waals surface area contributed by atoms with Crippen LogP contribution in [0.2, 0.25) is 0 Å². The van der Waals surface area contributed by atoms with Crippen molar-refractivity contribution in [3.05, 3.63) is 161 Å². The topological polar surface area (TPSA) is 274 Å². The van der Waals surface area contributed by atoms with Crippen LogP contribution in [0.1, 0.15) is 39.0 Å². The zero-order valence-corrected chi connectivity index (χ0v) is 45.0. The number of hydrogen-bond donors (Lipinski definition) is 2. The Kier molecular flexibility index (Phi) is 22.8. The molecule has 10 heterocycles. The van der Waals surface area contributed by atoms with Gasteiger partial charge in [0.05, 0.1) is 75.5 Å². The molecule has 0 aliphatic carbocycles. The first kappa shape index (κ1) is 59.1. The second-order valence-electron chi connectivity index (χ2n) is 14.0. The maximum atomic E-state index is 12.7. The lowest BCUT2D eigenvalue weighted by Crippen LogP contribution is -2.17. The van der Waals surface area contributed by atoms with E-state index >= 15 is 0 Å². The Balaban J connectivity index is 0.000000192. The number of halogens is 8. The highest BCUT2D eigenvalue weighted by atomic mass is 79.9. The van der Waals surface area contributed by atoms with Crippen molar-refractivity contribution < 1.29 is 35.4 Å². The Bertz CT molecular complexity index is 3220. The van der Waals surface area contributed by atoms with Crippen LogP contribution in [0.5, 0.6) is 0 Å². The van der Waals surface area contributed by atoms with Crippen molar-refractivity contribution in [1.29, 1.82) is 0 Å². The van der Waals surface area contributed by atoms with Crippen molar-refractivity contribution in [1.82, 2.24) is 80.1 Å². The number of nitrogens with zero attached hydrogens (tertiary/aromatic N) is 17. The van der Waals surface area contributed by atoms with Crippen molar-refractivity contribution >= 4 is 101 Å². The van der Waals surface area contributed by atoms with E-state index in [9.17, 15) is 26.3 Å². The number of thiophene rings is 2. The van der Waals surface area contributed by atoms with Crippen LogP contribution < -0.4 is 16.0 Å². The zero-order valence-electron chi connectivity index (χ0n) is 39.3. The van der Waals surface area contributed by atoms with E-state index in [4.69, 9.17) is 5.73 Å². The third kappa shape index (κ3) is 19.5. The molecule has 21 nitrogen and oxygen atoms in total. The molecule has 0 aromatic carbocycles. The van der Waals surface area contributed by atoms with E-state index in [1.165, 1.54) is 28.9 Å². The van der Waals surface area contributed by atoms with Gasteiger partial charge in [-0.15, -0.1) is 22.7 Å². The van der Waals surface area contributed by atoms with Crippen molar-refractivity contribution in [2.75, 3.05) is 16.0 Å². The van der Waals surface area contributed by atoms with Crippen molar-refractivity contribution in [2.24, 2.45) is 0 Å². The summed E-state index contributed by atoms with van der Waals surface area (Å²) in [4.78, 5) is 59.5. The van der Waals surface area contributed by atoms with Gasteiger partial charge in [0.25, 0.3) is 0 Å². The molecule has 76 heavy (non-hydrogen) atoms. The number of anilines is 5. The summed E-state index contributed by atoms with van der Waals surface area (Å²) in [5, 5.41) is 10.4. The lowest BCUT2D eigenvalue weighted by atomic mass is 10.3. The predicted molar refractivity (Wildman–Crippen MR) is 280 cm³/mol. The van der Waals surface area contributed by atoms with Crippen LogP contribution >= 0.6 is 66.8 Å². The third-order valence-corrected chi connectivity index (χ3v) is 11.9. The van der Waals surface area contributed by atoms with E-state index in [0.29, 0.717) is 50.6 Å². The van der Waals surface area contributed by atoms with Gasteiger partial charge in [0.1, 0.15) is 29.1 Å². The minimum atomic E-state index is -4.68. The number of alkyl halides is 7. The first-order valence-electron chi connectivity index (χ1n) is 20.9. The molecule has 0 spiro atoms. The van der Waals surface area contributed by atoms with E-state index in [0.717, 1.165) is 31.6 Å². The van der Waals surface area contributed by atoms with Gasteiger partial charge in [0.15, 0.2) is 5.82 Å². The van der Waals surface area contributed by atoms with Crippen LogP contribution in [0.15, 0.2) is 131 Å². The standard InChI is InChI=1S/C17H12F3N7OS.C9H9N5.C8H4BrF3N2OS.C5H5BrN2.C4H5N3.CH2S/c1-10-23-6-11(7-24-10)27(14-8-21-4-5-22-14)9-12-2-3-13(29-12)15-25-16(28-26-15)17(18,19)20;1-7-12-4-8(5-13-7)14-9-6-10-2-3-11-9;9-3-4-1-2-5(16-4)6-13-7(15-14-6)8(10,11)12;1-4-7-2-5(6)3-8-4;5-4-3-6-1-2-7-4;1-2/h2-8H,9H2,1H3;2-6H,1H3,(H,11,14);1-2H,3H2;2-3H,1H3;1-3H,(H2,5,7);1H2. The van der Waals surface area contributed by atoms with E-state index in [-0.39, 0.29) is 11.6 Å². The second kappa shape index (κ2) is 29.3. The zero-order chi connectivity index (χ0) is 55.1. The van der Waals surface area contributed by atoms with E-state index in [1.807, 2.05) is 18.7 Å². The van der Waals surface area contributed by atoms with Crippen LogP contribution in [-0.4, -0.2) is 86.0 Å². The fourth-order valence-electron chi connectivity index (χ4n) is 5.10. The molecular formula is C44H37Br2F6N19O2S3. The maximum Gasteiger partial charge on any atom is 0.471 e. The number of hydrogen-bond acceptors (Lipinski definition) is 24. The van der Waals surface area contributed by atoms with E-state index < -0.39 is 24.1 Å². The summed E-state index contributed by atoms with van der Waals surface area (Å²) in [6.07, 6.45) is 15.2. The molecule has 0 saturated carbocycles. The molecule has 0 amide bonds. The normalized spacial score (nSPS) is 10.6. The first-order valence-corrected chi connectivity index (χ1v) is 25.0. The Morgan fingerprint density at radius 2 is 1.08 bits per heavy atom. The highest BCUT2D eigenvalue weighted by Crippen LogP contribution is 2.34. The number of rotatable bonds is 9. The summed E-state index contributed by atoms with van der Waals surface area (Å²) in [6, 6.07) is 6.87. The van der Waals surface area contributed by atoms with E-state index in [1.54, 1.807) is 118 Å². The molecular weight excluding hydrogens is 1200 g/mol. The minimum absolute atomic E-state index is 0.0375. The molecule has 3 N–H and O–H groups in total. The monoisotopic (exact) mass is 1230 g/mol. The van der Waals surface area contributed by atoms with Gasteiger partial charge < -0.3 is 25.0 Å². The van der Waals surface area contributed by atoms with Gasteiger partial charge in [-0.05, 0) is 66.8 Å². The quantitative estimate of drug-likeness (QED) is 0.0772. The molecule has 0 aliphatic heterocycles. The van der Waals surface area contributed by atoms with E-state index in [2.05, 4.69) is 144 Å². The average Bonchev–Trinajstić information content (AvgIpc) is 4.28. The van der Waals surface area contributed by atoms with Gasteiger partial charge >= 0.3 is 24.1 Å². The molecule has 0 radical (unpaired) electrons. The molecule has 0 aliphatic rings. The lowest BCUT2D eigenvalue weighted by molar-refractivity contribution is -0.160. The van der Waals surface area contributed by atoms with Gasteiger partial charge in [0.2, 0.25) is 11.6 Å². The Morgan fingerprint density at radius 1 is 0.605 bits per heavy atom. The first-order chi connectivity index (χ1) is 36.4. The number of nitrogens with two attached hydrogens (primary N) is 1. The highest BCUT2D eigenvalue weighted by molar-refractivity contribution is 9.10. The second-order valence-corrected chi connectivity index (χ2v) is 17.8. The number of thiocarbonyl (C=S) groups is 1. The summed E-state index contributed by atoms with van der Waals surface area (Å²) >= 11 is 12.9. The Labute approximate surface area is 457 Å². The van der Waals surface area contributed by atoms with Gasteiger partial charge in [-0.2, -0.15) is 36.3 Å². The molecule has 32 heteroatoms. The van der Waals surface area contributed by atoms with Crippen LogP contribution in [0.3, 0.4) is 0 Å². The van der Waals surface area contributed by atoms with Gasteiger partial charge in [-0.1, -0.05) is 38.5 Å². The predicted octanol–water partition coefficient (Wildman–Crippen LogP) is 11.3. The van der Waals surface area contributed by atoms with Crippen molar-refractivity contribution in [2.45, 2.75) is 45.0 Å². The highest BCUT2D eigenvalue weighted by Gasteiger charge is 2.39. The minimum Gasteiger partial charge on any atom is -0.382 e. The molecule has 10 aromatic heterocycles. The SMILES string of the molecule is C=S.Cc1ncc(Br)cn1.Cc1ncc(N(Cc2ccc(-c3noc(C(F)(F)F)n3)s2)c2cnccn2)cn1.Cc1ncc(Nc2cnccn2)cn1.FC(F)(F)c1nc(-c2ccc(CBr)s2)no1.Nc1cnccn1. The molecule has 10 aromatic rings. The van der Waals surface area contributed by atoms with Crippen LogP contribution in [0, 0.1) is 20.8 Å². The summed E-state index contributed by atoms with van der Waals surface area (Å²) in [5.41, 5.74) is 6.69. The average molecular weight is 1230 g/mol. The fraction of sp³-hybridized carbons (Fsp3) is 0.159. The number of nitrogen functional groups attached to an aromatic ring is 1. The molecule has 0 bridgehead atoms. The largest absolute Gasteiger partial charge is 0.471 e. The summed E-state index contributed by atoms with van der Waals surface area (Å²) in [5.74, 6) is 3.88. The lowest BCUT2D eigenvalue weighted by Gasteiger charge is -2.22. The number of aromatic nitrogens is 16.